The number of furan rings is 1. The van der Waals surface area contributed by atoms with Crippen LogP contribution in [0.4, 0.5) is 0 Å². The zero-order chi connectivity index (χ0) is 10.7. The fraction of sp³-hybridized carbons (Fsp3) is 0.200. The molecule has 0 amide bonds. The van der Waals surface area contributed by atoms with E-state index < -0.39 is 5.97 Å². The van der Waals surface area contributed by atoms with Gasteiger partial charge in [0.1, 0.15) is 10.6 Å². The maximum absolute atomic E-state index is 10.8. The molecule has 0 fully saturated rings. The van der Waals surface area contributed by atoms with Gasteiger partial charge < -0.3 is 9.52 Å². The summed E-state index contributed by atoms with van der Waals surface area (Å²) < 4.78 is 5.16. The summed E-state index contributed by atoms with van der Waals surface area (Å²) in [5.41, 5.74) is 2.19. The molecule has 15 heavy (non-hydrogen) atoms. The fourth-order valence-electron chi connectivity index (χ4n) is 1.32. The van der Waals surface area contributed by atoms with Crippen molar-refractivity contribution in [3.63, 3.8) is 0 Å². The Morgan fingerprint density at radius 3 is 3.07 bits per heavy atom. The third-order valence-corrected chi connectivity index (χ3v) is 2.88. The average Bonchev–Trinajstić information content (AvgIpc) is 2.86. The van der Waals surface area contributed by atoms with Gasteiger partial charge in [-0.15, -0.1) is 11.3 Å². The molecule has 0 aliphatic carbocycles. The van der Waals surface area contributed by atoms with E-state index in [-0.39, 0.29) is 0 Å². The highest BCUT2D eigenvalue weighted by Gasteiger charge is 2.13. The second kappa shape index (κ2) is 4.27. The van der Waals surface area contributed by atoms with Crippen LogP contribution in [0.5, 0.6) is 0 Å². The standard InChI is InChI=1S/C10H9NO3S/c12-10(13)9-8(11-6-15-9)4-3-7-2-1-5-14-7/h1-2,5-6H,3-4H2,(H,12,13). The van der Waals surface area contributed by atoms with Crippen LogP contribution >= 0.6 is 11.3 Å². The predicted octanol–water partition coefficient (Wildman–Crippen LogP) is 2.22. The first-order chi connectivity index (χ1) is 7.27. The van der Waals surface area contributed by atoms with E-state index in [4.69, 9.17) is 9.52 Å². The summed E-state index contributed by atoms with van der Waals surface area (Å²) >= 11 is 1.15. The van der Waals surface area contributed by atoms with E-state index in [1.807, 2.05) is 12.1 Å². The van der Waals surface area contributed by atoms with Crippen LogP contribution in [-0.2, 0) is 12.8 Å². The van der Waals surface area contributed by atoms with Gasteiger partial charge in [0.15, 0.2) is 0 Å². The lowest BCUT2D eigenvalue weighted by Crippen LogP contribution is -2.00. The summed E-state index contributed by atoms with van der Waals surface area (Å²) in [4.78, 5) is 15.1. The number of carboxylic acids is 1. The van der Waals surface area contributed by atoms with E-state index in [1.165, 1.54) is 0 Å². The number of nitrogens with zero attached hydrogens (tertiary/aromatic N) is 1. The van der Waals surface area contributed by atoms with Crippen molar-refractivity contribution in [1.29, 1.82) is 0 Å². The number of hydrogen-bond acceptors (Lipinski definition) is 4. The van der Waals surface area contributed by atoms with Crippen LogP contribution in [0, 0.1) is 0 Å². The number of carbonyl (C=O) groups is 1. The van der Waals surface area contributed by atoms with Gasteiger partial charge in [-0.05, 0) is 18.6 Å². The van der Waals surface area contributed by atoms with Gasteiger partial charge in [0.2, 0.25) is 0 Å². The quantitative estimate of drug-likeness (QED) is 0.863. The summed E-state index contributed by atoms with van der Waals surface area (Å²) in [6.45, 7) is 0. The van der Waals surface area contributed by atoms with E-state index in [1.54, 1.807) is 11.8 Å². The Balaban J connectivity index is 2.05. The van der Waals surface area contributed by atoms with E-state index in [0.717, 1.165) is 17.1 Å². The molecule has 0 aliphatic heterocycles. The lowest BCUT2D eigenvalue weighted by Gasteiger charge is -1.96. The minimum absolute atomic E-state index is 0.321. The van der Waals surface area contributed by atoms with Crippen molar-refractivity contribution in [2.45, 2.75) is 12.8 Å². The Hall–Kier alpha value is -1.62. The van der Waals surface area contributed by atoms with Crippen molar-refractivity contribution in [1.82, 2.24) is 4.98 Å². The molecule has 2 heterocycles. The van der Waals surface area contributed by atoms with Crippen molar-refractivity contribution in [3.8, 4) is 0 Å². The van der Waals surface area contributed by atoms with Crippen molar-refractivity contribution >= 4 is 17.3 Å². The van der Waals surface area contributed by atoms with Crippen molar-refractivity contribution in [2.24, 2.45) is 0 Å². The van der Waals surface area contributed by atoms with Gasteiger partial charge in [-0.1, -0.05) is 0 Å². The minimum Gasteiger partial charge on any atom is -0.477 e. The Bertz CT molecular complexity index is 447. The molecule has 2 rings (SSSR count). The van der Waals surface area contributed by atoms with E-state index in [9.17, 15) is 4.79 Å². The molecule has 78 valence electrons. The topological polar surface area (TPSA) is 63.3 Å². The van der Waals surface area contributed by atoms with Gasteiger partial charge in [-0.2, -0.15) is 0 Å². The third kappa shape index (κ3) is 2.24. The predicted molar refractivity (Wildman–Crippen MR) is 55.2 cm³/mol. The molecule has 0 atom stereocenters. The molecular weight excluding hydrogens is 214 g/mol. The van der Waals surface area contributed by atoms with E-state index in [2.05, 4.69) is 4.98 Å². The molecule has 0 saturated carbocycles. The Kier molecular flexibility index (Phi) is 2.82. The number of carboxylic acid groups (broad SMARTS) is 1. The fourth-order valence-corrected chi connectivity index (χ4v) is 1.99. The second-order valence-electron chi connectivity index (χ2n) is 3.01. The SMILES string of the molecule is O=C(O)c1scnc1CCc1ccco1. The molecule has 0 spiro atoms. The summed E-state index contributed by atoms with van der Waals surface area (Å²) in [5, 5.41) is 8.86. The highest BCUT2D eigenvalue weighted by atomic mass is 32.1. The molecule has 0 bridgehead atoms. The van der Waals surface area contributed by atoms with Crippen molar-refractivity contribution in [2.75, 3.05) is 0 Å². The summed E-state index contributed by atoms with van der Waals surface area (Å²) in [5.74, 6) is -0.0636. The molecule has 1 N–H and O–H groups in total. The van der Waals surface area contributed by atoms with E-state index >= 15 is 0 Å². The molecule has 0 aromatic carbocycles. The lowest BCUT2D eigenvalue weighted by atomic mass is 10.2. The number of rotatable bonds is 4. The van der Waals surface area contributed by atoms with Crippen molar-refractivity contribution in [3.05, 3.63) is 40.2 Å². The Labute approximate surface area is 90.2 Å². The number of hydrogen-bond donors (Lipinski definition) is 1. The molecule has 5 heteroatoms. The van der Waals surface area contributed by atoms with Crippen LogP contribution in [0.15, 0.2) is 28.3 Å². The second-order valence-corrected chi connectivity index (χ2v) is 3.87. The molecule has 2 aromatic rings. The highest BCUT2D eigenvalue weighted by molar-refractivity contribution is 7.11. The monoisotopic (exact) mass is 223 g/mol. The molecular formula is C10H9NO3S. The molecule has 4 nitrogen and oxygen atoms in total. The smallest absolute Gasteiger partial charge is 0.347 e. The number of thiazole rings is 1. The first-order valence-electron chi connectivity index (χ1n) is 4.45. The van der Waals surface area contributed by atoms with Crippen LogP contribution in [0.2, 0.25) is 0 Å². The van der Waals surface area contributed by atoms with Gasteiger partial charge in [0.05, 0.1) is 17.5 Å². The van der Waals surface area contributed by atoms with Crippen molar-refractivity contribution < 1.29 is 14.3 Å². The zero-order valence-corrected chi connectivity index (χ0v) is 8.66. The zero-order valence-electron chi connectivity index (χ0n) is 7.84. The number of aromatic carboxylic acids is 1. The van der Waals surface area contributed by atoms with Crippen LogP contribution < -0.4 is 0 Å². The Morgan fingerprint density at radius 1 is 1.53 bits per heavy atom. The summed E-state index contributed by atoms with van der Waals surface area (Å²) in [6.07, 6.45) is 2.88. The third-order valence-electron chi connectivity index (χ3n) is 2.02. The summed E-state index contributed by atoms with van der Waals surface area (Å²) in [7, 11) is 0. The lowest BCUT2D eigenvalue weighted by molar-refractivity contribution is 0.0700. The summed E-state index contributed by atoms with van der Waals surface area (Å²) in [6, 6.07) is 3.68. The molecule has 0 unspecified atom stereocenters. The Morgan fingerprint density at radius 2 is 2.40 bits per heavy atom. The van der Waals surface area contributed by atoms with Crippen LogP contribution in [0.1, 0.15) is 21.1 Å². The maximum Gasteiger partial charge on any atom is 0.347 e. The van der Waals surface area contributed by atoms with Crippen LogP contribution in [0.3, 0.4) is 0 Å². The van der Waals surface area contributed by atoms with Crippen LogP contribution in [0.25, 0.3) is 0 Å². The van der Waals surface area contributed by atoms with Gasteiger partial charge >= 0.3 is 5.97 Å². The molecule has 2 aromatic heterocycles. The molecule has 0 saturated heterocycles. The van der Waals surface area contributed by atoms with E-state index in [0.29, 0.717) is 23.4 Å². The first kappa shape index (κ1) is 9.92. The number of aromatic nitrogens is 1. The van der Waals surface area contributed by atoms with Gasteiger partial charge in [-0.3, -0.25) is 0 Å². The van der Waals surface area contributed by atoms with Crippen LogP contribution in [-0.4, -0.2) is 16.1 Å². The highest BCUT2D eigenvalue weighted by Crippen LogP contribution is 2.15. The molecule has 0 aliphatic rings. The normalized spacial score (nSPS) is 10.4. The first-order valence-corrected chi connectivity index (χ1v) is 5.33. The maximum atomic E-state index is 10.8. The average molecular weight is 223 g/mol. The molecule has 0 radical (unpaired) electrons. The van der Waals surface area contributed by atoms with Gasteiger partial charge in [0, 0.05) is 6.42 Å². The largest absolute Gasteiger partial charge is 0.477 e. The number of aryl methyl sites for hydroxylation is 2. The van der Waals surface area contributed by atoms with Gasteiger partial charge in [-0.25, -0.2) is 9.78 Å². The van der Waals surface area contributed by atoms with Gasteiger partial charge in [0.25, 0.3) is 0 Å². The minimum atomic E-state index is -0.910.